The second-order valence-electron chi connectivity index (χ2n) is 7.68. The number of carbonyl (C=O) groups is 2. The molecule has 35 heavy (non-hydrogen) atoms. The summed E-state index contributed by atoms with van der Waals surface area (Å²) in [5, 5.41) is 2.30. The standard InChI is InChI=1S/C22H24F2N2O8S/c1-13(2)20(26-35(29,30)14-7-8-17-18(11-14)32-10-9-31-17)21(28)33-12-19(27)25-15-5-3-4-6-16(15)34-22(23)24/h3-8,11,13,20,22,26H,9-10,12H2,1-2H3,(H,25,27). The lowest BCUT2D eigenvalue weighted by molar-refractivity contribution is -0.150. The van der Waals surface area contributed by atoms with Gasteiger partial charge in [0, 0.05) is 6.07 Å². The van der Waals surface area contributed by atoms with Crippen molar-refractivity contribution in [3.05, 3.63) is 42.5 Å². The number of hydrogen-bond donors (Lipinski definition) is 2. The summed E-state index contributed by atoms with van der Waals surface area (Å²) < 4.78 is 73.2. The molecule has 10 nitrogen and oxygen atoms in total. The van der Waals surface area contributed by atoms with Gasteiger partial charge >= 0.3 is 12.6 Å². The lowest BCUT2D eigenvalue weighted by Crippen LogP contribution is -2.45. The Morgan fingerprint density at radius 3 is 2.43 bits per heavy atom. The van der Waals surface area contributed by atoms with Crippen molar-refractivity contribution < 1.29 is 45.7 Å². The summed E-state index contributed by atoms with van der Waals surface area (Å²) in [6, 6.07) is 8.22. The molecule has 0 fully saturated rings. The van der Waals surface area contributed by atoms with Crippen LogP contribution in [0.15, 0.2) is 47.4 Å². The molecule has 0 bridgehead atoms. The number of rotatable bonds is 10. The fourth-order valence-electron chi connectivity index (χ4n) is 3.06. The molecule has 1 aliphatic rings. The lowest BCUT2D eigenvalue weighted by Gasteiger charge is -2.22. The Balaban J connectivity index is 1.63. The first-order chi connectivity index (χ1) is 16.6. The first-order valence-corrected chi connectivity index (χ1v) is 12.0. The summed E-state index contributed by atoms with van der Waals surface area (Å²) >= 11 is 0. The second kappa shape index (κ2) is 11.3. The van der Waals surface area contributed by atoms with Gasteiger partial charge in [-0.1, -0.05) is 26.0 Å². The van der Waals surface area contributed by atoms with Crippen LogP contribution in [0.4, 0.5) is 14.5 Å². The summed E-state index contributed by atoms with van der Waals surface area (Å²) in [7, 11) is -4.16. The van der Waals surface area contributed by atoms with Crippen LogP contribution >= 0.6 is 0 Å². The summed E-state index contributed by atoms with van der Waals surface area (Å²) in [5.74, 6) is -1.96. The van der Waals surface area contributed by atoms with Gasteiger partial charge in [-0.25, -0.2) is 8.42 Å². The van der Waals surface area contributed by atoms with Crippen molar-refractivity contribution in [1.29, 1.82) is 0 Å². The highest BCUT2D eigenvalue weighted by atomic mass is 32.2. The number of hydrogen-bond acceptors (Lipinski definition) is 8. The first kappa shape index (κ1) is 26.2. The van der Waals surface area contributed by atoms with Gasteiger partial charge < -0.3 is 24.3 Å². The molecule has 0 spiro atoms. The Morgan fingerprint density at radius 2 is 1.74 bits per heavy atom. The van der Waals surface area contributed by atoms with Gasteiger partial charge in [0.05, 0.1) is 10.6 Å². The van der Waals surface area contributed by atoms with Gasteiger partial charge in [0.2, 0.25) is 10.0 Å². The van der Waals surface area contributed by atoms with E-state index in [0.717, 1.165) is 0 Å². The summed E-state index contributed by atoms with van der Waals surface area (Å²) in [5.41, 5.74) is -0.0476. The van der Waals surface area contributed by atoms with Crippen molar-refractivity contribution in [3.63, 3.8) is 0 Å². The lowest BCUT2D eigenvalue weighted by atomic mass is 10.1. The Morgan fingerprint density at radius 1 is 1.06 bits per heavy atom. The molecule has 2 aromatic carbocycles. The van der Waals surface area contributed by atoms with Crippen LogP contribution in [0.2, 0.25) is 0 Å². The van der Waals surface area contributed by atoms with E-state index in [4.69, 9.17) is 14.2 Å². The number of alkyl halides is 2. The number of amides is 1. The van der Waals surface area contributed by atoms with Crippen molar-refractivity contribution in [2.45, 2.75) is 31.4 Å². The van der Waals surface area contributed by atoms with E-state index >= 15 is 0 Å². The van der Waals surface area contributed by atoms with Crippen molar-refractivity contribution in [2.24, 2.45) is 5.92 Å². The maximum absolute atomic E-state index is 12.9. The monoisotopic (exact) mass is 514 g/mol. The second-order valence-corrected chi connectivity index (χ2v) is 9.39. The minimum atomic E-state index is -4.16. The van der Waals surface area contributed by atoms with Gasteiger partial charge in [-0.2, -0.15) is 13.5 Å². The SMILES string of the molecule is CC(C)C(NS(=O)(=O)c1ccc2c(c1)OCCO2)C(=O)OCC(=O)Nc1ccccc1OC(F)F. The van der Waals surface area contributed by atoms with E-state index in [9.17, 15) is 26.8 Å². The van der Waals surface area contributed by atoms with Gasteiger partial charge in [0.25, 0.3) is 5.91 Å². The van der Waals surface area contributed by atoms with E-state index in [1.165, 1.54) is 42.5 Å². The largest absolute Gasteiger partial charge is 0.486 e. The number of fused-ring (bicyclic) bond motifs is 1. The number of benzene rings is 2. The number of halogens is 2. The van der Waals surface area contributed by atoms with Gasteiger partial charge in [-0.05, 0) is 30.2 Å². The van der Waals surface area contributed by atoms with E-state index in [2.05, 4.69) is 14.8 Å². The highest BCUT2D eigenvalue weighted by molar-refractivity contribution is 7.89. The van der Waals surface area contributed by atoms with Crippen molar-refractivity contribution >= 4 is 27.6 Å². The maximum Gasteiger partial charge on any atom is 0.387 e. The zero-order chi connectivity index (χ0) is 25.6. The normalized spacial score (nSPS) is 13.9. The highest BCUT2D eigenvalue weighted by Crippen LogP contribution is 2.32. The van der Waals surface area contributed by atoms with Crippen LogP contribution in [-0.4, -0.2) is 52.8 Å². The number of esters is 1. The van der Waals surface area contributed by atoms with Gasteiger partial charge in [-0.3, -0.25) is 9.59 Å². The van der Waals surface area contributed by atoms with Gasteiger partial charge in [-0.15, -0.1) is 0 Å². The van der Waals surface area contributed by atoms with Crippen LogP contribution in [0.1, 0.15) is 13.8 Å². The van der Waals surface area contributed by atoms with Crippen LogP contribution in [0.3, 0.4) is 0 Å². The summed E-state index contributed by atoms with van der Waals surface area (Å²) in [6.07, 6.45) is 0. The number of ether oxygens (including phenoxy) is 4. The molecule has 0 radical (unpaired) electrons. The molecule has 1 heterocycles. The molecule has 0 aliphatic carbocycles. The van der Waals surface area contributed by atoms with E-state index in [1.807, 2.05) is 0 Å². The van der Waals surface area contributed by atoms with E-state index in [1.54, 1.807) is 13.8 Å². The van der Waals surface area contributed by atoms with Crippen molar-refractivity contribution in [1.82, 2.24) is 4.72 Å². The van der Waals surface area contributed by atoms with E-state index in [0.29, 0.717) is 12.4 Å². The molecule has 13 heteroatoms. The fraction of sp³-hybridized carbons (Fsp3) is 0.364. The van der Waals surface area contributed by atoms with Crippen LogP contribution < -0.4 is 24.2 Å². The minimum absolute atomic E-state index is 0.0476. The van der Waals surface area contributed by atoms with Crippen LogP contribution in [0.5, 0.6) is 17.2 Å². The number of sulfonamides is 1. The fourth-order valence-corrected chi connectivity index (χ4v) is 4.41. The minimum Gasteiger partial charge on any atom is -0.486 e. The Bertz CT molecular complexity index is 1170. The first-order valence-electron chi connectivity index (χ1n) is 10.5. The van der Waals surface area contributed by atoms with Crippen LogP contribution in [-0.2, 0) is 24.3 Å². The zero-order valence-corrected chi connectivity index (χ0v) is 19.6. The molecule has 1 aliphatic heterocycles. The highest BCUT2D eigenvalue weighted by Gasteiger charge is 2.31. The molecule has 1 atom stereocenters. The molecular formula is C22H24F2N2O8S. The quantitative estimate of drug-likeness (QED) is 0.463. The van der Waals surface area contributed by atoms with E-state index in [-0.39, 0.29) is 28.7 Å². The van der Waals surface area contributed by atoms with Gasteiger partial charge in [0.15, 0.2) is 18.1 Å². The van der Waals surface area contributed by atoms with Crippen molar-refractivity contribution in [3.8, 4) is 17.2 Å². The Kier molecular flexibility index (Phi) is 8.46. The number of nitrogens with one attached hydrogen (secondary N) is 2. The zero-order valence-electron chi connectivity index (χ0n) is 18.8. The summed E-state index contributed by atoms with van der Waals surface area (Å²) in [4.78, 5) is 24.6. The molecular weight excluding hydrogens is 490 g/mol. The molecule has 0 aromatic heterocycles. The molecule has 0 saturated carbocycles. The predicted molar refractivity (Wildman–Crippen MR) is 119 cm³/mol. The topological polar surface area (TPSA) is 129 Å². The van der Waals surface area contributed by atoms with Crippen LogP contribution in [0, 0.1) is 5.92 Å². The smallest absolute Gasteiger partial charge is 0.387 e. The third-order valence-electron chi connectivity index (χ3n) is 4.75. The number of anilines is 1. The van der Waals surface area contributed by atoms with Gasteiger partial charge in [0.1, 0.15) is 25.0 Å². The average Bonchev–Trinajstić information content (AvgIpc) is 2.81. The number of carbonyl (C=O) groups excluding carboxylic acids is 2. The molecule has 3 rings (SSSR count). The molecule has 0 saturated heterocycles. The van der Waals surface area contributed by atoms with Crippen LogP contribution in [0.25, 0.3) is 0 Å². The molecule has 2 aromatic rings. The molecule has 1 amide bonds. The average molecular weight is 515 g/mol. The molecule has 190 valence electrons. The Hall–Kier alpha value is -3.45. The molecule has 1 unspecified atom stereocenters. The third-order valence-corrected chi connectivity index (χ3v) is 6.19. The van der Waals surface area contributed by atoms with Crippen molar-refractivity contribution in [2.75, 3.05) is 25.1 Å². The predicted octanol–water partition coefficient (Wildman–Crippen LogP) is 2.54. The Labute approximate surface area is 200 Å². The molecule has 2 N–H and O–H groups in total. The number of para-hydroxylation sites is 2. The third kappa shape index (κ3) is 7.02. The maximum atomic E-state index is 12.9. The summed E-state index contributed by atoms with van der Waals surface area (Å²) in [6.45, 7) is -0.0774. The van der Waals surface area contributed by atoms with E-state index < -0.39 is 47.1 Å².